The highest BCUT2D eigenvalue weighted by Crippen LogP contribution is 2.43. The summed E-state index contributed by atoms with van der Waals surface area (Å²) in [5.74, 6) is -0.0826. The molecule has 0 saturated carbocycles. The molecule has 0 unspecified atom stereocenters. The number of esters is 1. The Labute approximate surface area is 184 Å². The van der Waals surface area contributed by atoms with Crippen LogP contribution in [-0.2, 0) is 10.3 Å². The van der Waals surface area contributed by atoms with Crippen LogP contribution in [-0.4, -0.2) is 12.6 Å². The molecule has 0 atom stereocenters. The minimum atomic E-state index is -0.817. The standard InChI is InChI=1S/C27H20O5/c1-2-30-25(28)22-17-21-20-15-16-27(18-9-5-3-6-10-18,19-11-7-4-8-12-19)32-24(20)14-13-23(21)31-26(22)29/h3-17H,2H2,1H3. The fourth-order valence-electron chi connectivity index (χ4n) is 4.06. The molecule has 0 N–H and O–H groups in total. The van der Waals surface area contributed by atoms with Gasteiger partial charge in [0.1, 0.15) is 16.9 Å². The van der Waals surface area contributed by atoms with Crippen molar-refractivity contribution in [1.29, 1.82) is 0 Å². The van der Waals surface area contributed by atoms with Crippen molar-refractivity contribution in [3.63, 3.8) is 0 Å². The second-order valence-electron chi connectivity index (χ2n) is 7.46. The van der Waals surface area contributed by atoms with E-state index in [4.69, 9.17) is 13.9 Å². The van der Waals surface area contributed by atoms with Crippen molar-refractivity contribution in [1.82, 2.24) is 0 Å². The van der Waals surface area contributed by atoms with Crippen molar-refractivity contribution in [2.75, 3.05) is 6.61 Å². The first-order chi connectivity index (χ1) is 15.6. The van der Waals surface area contributed by atoms with Crippen molar-refractivity contribution in [2.24, 2.45) is 0 Å². The number of hydrogen-bond acceptors (Lipinski definition) is 5. The molecule has 3 aromatic carbocycles. The van der Waals surface area contributed by atoms with E-state index < -0.39 is 17.2 Å². The molecule has 0 saturated heterocycles. The van der Waals surface area contributed by atoms with Gasteiger partial charge in [0.05, 0.1) is 6.61 Å². The maximum absolute atomic E-state index is 12.3. The molecule has 5 rings (SSSR count). The largest absolute Gasteiger partial charge is 0.473 e. The van der Waals surface area contributed by atoms with E-state index in [1.807, 2.05) is 72.8 Å². The van der Waals surface area contributed by atoms with E-state index in [0.29, 0.717) is 16.7 Å². The summed E-state index contributed by atoms with van der Waals surface area (Å²) in [5.41, 5.74) is 1.41. The van der Waals surface area contributed by atoms with Gasteiger partial charge in [0.25, 0.3) is 0 Å². The van der Waals surface area contributed by atoms with Gasteiger partial charge in [-0.05, 0) is 37.3 Å². The Morgan fingerprint density at radius 2 is 1.59 bits per heavy atom. The lowest BCUT2D eigenvalue weighted by Crippen LogP contribution is -2.34. The maximum atomic E-state index is 12.3. The Bertz CT molecular complexity index is 1350. The number of hydrogen-bond donors (Lipinski definition) is 0. The fraction of sp³-hybridized carbons (Fsp3) is 0.111. The summed E-state index contributed by atoms with van der Waals surface area (Å²) >= 11 is 0. The zero-order chi connectivity index (χ0) is 22.1. The minimum absolute atomic E-state index is 0.135. The van der Waals surface area contributed by atoms with Crippen LogP contribution in [0.1, 0.15) is 34.0 Å². The highest BCUT2D eigenvalue weighted by atomic mass is 16.5. The molecule has 158 valence electrons. The van der Waals surface area contributed by atoms with Crippen LogP contribution >= 0.6 is 0 Å². The summed E-state index contributed by atoms with van der Waals surface area (Å²) in [6.07, 6.45) is 3.95. The molecular weight excluding hydrogens is 404 g/mol. The predicted molar refractivity (Wildman–Crippen MR) is 122 cm³/mol. The van der Waals surface area contributed by atoms with Gasteiger partial charge in [0, 0.05) is 22.1 Å². The van der Waals surface area contributed by atoms with Crippen LogP contribution in [0.25, 0.3) is 17.0 Å². The van der Waals surface area contributed by atoms with Gasteiger partial charge in [0.2, 0.25) is 0 Å². The van der Waals surface area contributed by atoms with Crippen molar-refractivity contribution in [2.45, 2.75) is 12.5 Å². The van der Waals surface area contributed by atoms with Crippen LogP contribution in [0.3, 0.4) is 0 Å². The molecule has 5 nitrogen and oxygen atoms in total. The molecule has 4 aromatic rings. The zero-order valence-electron chi connectivity index (χ0n) is 17.4. The lowest BCUT2D eigenvalue weighted by molar-refractivity contribution is 0.0521. The molecule has 0 spiro atoms. The first kappa shape index (κ1) is 19.8. The zero-order valence-corrected chi connectivity index (χ0v) is 17.4. The third-order valence-corrected chi connectivity index (χ3v) is 5.57. The van der Waals surface area contributed by atoms with E-state index >= 15 is 0 Å². The summed E-state index contributed by atoms with van der Waals surface area (Å²) in [7, 11) is 0. The molecule has 32 heavy (non-hydrogen) atoms. The average molecular weight is 424 g/mol. The normalized spacial score (nSPS) is 13.9. The molecule has 2 heterocycles. The number of ether oxygens (including phenoxy) is 2. The molecular formula is C27H20O5. The van der Waals surface area contributed by atoms with E-state index in [2.05, 4.69) is 0 Å². The topological polar surface area (TPSA) is 65.7 Å². The Kier molecular flexibility index (Phi) is 4.86. The summed E-state index contributed by atoms with van der Waals surface area (Å²) in [6.45, 7) is 1.86. The summed E-state index contributed by atoms with van der Waals surface area (Å²) < 4.78 is 17.1. The van der Waals surface area contributed by atoms with E-state index in [-0.39, 0.29) is 12.2 Å². The lowest BCUT2D eigenvalue weighted by atomic mass is 9.83. The van der Waals surface area contributed by atoms with E-state index in [1.54, 1.807) is 19.1 Å². The molecule has 0 bridgehead atoms. The third kappa shape index (κ3) is 3.19. The fourth-order valence-corrected chi connectivity index (χ4v) is 4.06. The number of carbonyl (C=O) groups excluding carboxylic acids is 1. The first-order valence-electron chi connectivity index (χ1n) is 10.4. The van der Waals surface area contributed by atoms with Gasteiger partial charge in [-0.15, -0.1) is 0 Å². The van der Waals surface area contributed by atoms with Gasteiger partial charge in [0.15, 0.2) is 5.60 Å². The highest BCUT2D eigenvalue weighted by Gasteiger charge is 2.37. The molecule has 0 aliphatic carbocycles. The number of carbonyl (C=O) groups is 1. The van der Waals surface area contributed by atoms with Gasteiger partial charge in [-0.2, -0.15) is 0 Å². The van der Waals surface area contributed by atoms with Gasteiger partial charge in [-0.1, -0.05) is 60.7 Å². The van der Waals surface area contributed by atoms with Crippen LogP contribution in [0.4, 0.5) is 0 Å². The summed E-state index contributed by atoms with van der Waals surface area (Å²) in [5, 5.41) is 0.608. The molecule has 0 amide bonds. The monoisotopic (exact) mass is 424 g/mol. The second-order valence-corrected chi connectivity index (χ2v) is 7.46. The maximum Gasteiger partial charge on any atom is 0.351 e. The lowest BCUT2D eigenvalue weighted by Gasteiger charge is -2.36. The summed E-state index contributed by atoms with van der Waals surface area (Å²) in [6, 6.07) is 25.0. The van der Waals surface area contributed by atoms with Crippen molar-refractivity contribution in [3.8, 4) is 5.75 Å². The summed E-state index contributed by atoms with van der Waals surface area (Å²) in [4.78, 5) is 24.5. The molecule has 1 aliphatic rings. The molecule has 0 radical (unpaired) electrons. The van der Waals surface area contributed by atoms with Crippen LogP contribution in [0.5, 0.6) is 5.75 Å². The van der Waals surface area contributed by atoms with E-state index in [1.165, 1.54) is 6.07 Å². The van der Waals surface area contributed by atoms with Crippen LogP contribution in [0, 0.1) is 0 Å². The number of benzene rings is 3. The Morgan fingerprint density at radius 1 is 0.938 bits per heavy atom. The van der Waals surface area contributed by atoms with Gasteiger partial charge in [-0.25, -0.2) is 9.59 Å². The van der Waals surface area contributed by atoms with Crippen molar-refractivity contribution in [3.05, 3.63) is 118 Å². The first-order valence-corrected chi connectivity index (χ1v) is 10.4. The quantitative estimate of drug-likeness (QED) is 0.328. The van der Waals surface area contributed by atoms with E-state index in [9.17, 15) is 9.59 Å². The predicted octanol–water partition coefficient (Wildman–Crippen LogP) is 5.32. The Morgan fingerprint density at radius 3 is 2.22 bits per heavy atom. The minimum Gasteiger partial charge on any atom is -0.473 e. The van der Waals surface area contributed by atoms with Gasteiger partial charge in [-0.3, -0.25) is 0 Å². The Balaban J connectivity index is 1.70. The van der Waals surface area contributed by atoms with Gasteiger partial charge < -0.3 is 13.9 Å². The van der Waals surface area contributed by atoms with Crippen LogP contribution < -0.4 is 10.4 Å². The molecule has 1 aromatic heterocycles. The van der Waals surface area contributed by atoms with Crippen molar-refractivity contribution >= 4 is 23.0 Å². The number of fused-ring (bicyclic) bond motifs is 3. The molecule has 0 fully saturated rings. The second kappa shape index (κ2) is 7.85. The molecule has 1 aliphatic heterocycles. The highest BCUT2D eigenvalue weighted by molar-refractivity contribution is 5.97. The van der Waals surface area contributed by atoms with E-state index in [0.717, 1.165) is 16.7 Å². The number of rotatable bonds is 4. The Hall–Kier alpha value is -4.12. The average Bonchev–Trinajstić information content (AvgIpc) is 2.84. The SMILES string of the molecule is CCOC(=O)c1cc2c3c(ccc2oc1=O)OC(c1ccccc1)(c1ccccc1)C=C3. The smallest absolute Gasteiger partial charge is 0.351 e. The van der Waals surface area contributed by atoms with Crippen LogP contribution in [0.15, 0.2) is 94.2 Å². The van der Waals surface area contributed by atoms with Gasteiger partial charge >= 0.3 is 11.6 Å². The van der Waals surface area contributed by atoms with Crippen LogP contribution in [0.2, 0.25) is 0 Å². The third-order valence-electron chi connectivity index (χ3n) is 5.57. The van der Waals surface area contributed by atoms with Crippen molar-refractivity contribution < 1.29 is 18.7 Å². The molecule has 5 heteroatoms.